The third-order valence-corrected chi connectivity index (χ3v) is 6.49. The highest BCUT2D eigenvalue weighted by atomic mass is 35.5. The lowest BCUT2D eigenvalue weighted by Crippen LogP contribution is -2.40. The van der Waals surface area contributed by atoms with Crippen LogP contribution in [-0.4, -0.2) is 40.6 Å². The van der Waals surface area contributed by atoms with Gasteiger partial charge in [-0.3, -0.25) is 15.1 Å². The van der Waals surface area contributed by atoms with E-state index in [2.05, 4.69) is 6.07 Å². The molecule has 158 valence electrons. The Balaban J connectivity index is 1.74. The zero-order valence-electron chi connectivity index (χ0n) is 16.8. The summed E-state index contributed by atoms with van der Waals surface area (Å²) in [5.41, 5.74) is 3.77. The molecule has 1 amide bonds. The molecule has 0 N–H and O–H groups in total. The average Bonchev–Trinajstić information content (AvgIpc) is 2.90. The van der Waals surface area contributed by atoms with Gasteiger partial charge in [-0.15, -0.1) is 0 Å². The van der Waals surface area contributed by atoms with Gasteiger partial charge in [-0.2, -0.15) is 0 Å². The van der Waals surface area contributed by atoms with Crippen molar-refractivity contribution in [2.75, 3.05) is 19.7 Å². The highest BCUT2D eigenvalue weighted by Crippen LogP contribution is 2.45. The quantitative estimate of drug-likeness (QED) is 0.519. The van der Waals surface area contributed by atoms with Crippen molar-refractivity contribution in [1.82, 2.24) is 9.88 Å². The van der Waals surface area contributed by atoms with Crippen molar-refractivity contribution in [2.24, 2.45) is 5.92 Å². The highest BCUT2D eigenvalue weighted by molar-refractivity contribution is 6.32. The zero-order valence-corrected chi connectivity index (χ0v) is 17.6. The van der Waals surface area contributed by atoms with E-state index in [-0.39, 0.29) is 33.6 Å². The predicted octanol–water partition coefficient (Wildman–Crippen LogP) is 4.74. The third-order valence-electron chi connectivity index (χ3n) is 6.19. The second-order valence-corrected chi connectivity index (χ2v) is 8.18. The molecule has 0 saturated carbocycles. The number of aromatic nitrogens is 1. The van der Waals surface area contributed by atoms with Crippen LogP contribution in [0.15, 0.2) is 30.5 Å². The summed E-state index contributed by atoms with van der Waals surface area (Å²) >= 11 is 6.22. The van der Waals surface area contributed by atoms with E-state index in [0.717, 1.165) is 29.7 Å². The number of pyridine rings is 1. The smallest absolute Gasteiger partial charge is 0.409 e. The van der Waals surface area contributed by atoms with Crippen LogP contribution in [0.5, 0.6) is 0 Å². The van der Waals surface area contributed by atoms with Gasteiger partial charge in [-0.05, 0) is 61.8 Å². The topological polar surface area (TPSA) is 85.6 Å². The average molecular weight is 430 g/mol. The number of hydrogen-bond acceptors (Lipinski definition) is 5. The van der Waals surface area contributed by atoms with Gasteiger partial charge in [0.05, 0.1) is 17.2 Å². The van der Waals surface area contributed by atoms with Gasteiger partial charge in [0.25, 0.3) is 5.69 Å². The van der Waals surface area contributed by atoms with Gasteiger partial charge in [0.1, 0.15) is 5.02 Å². The molecule has 1 aliphatic carbocycles. The van der Waals surface area contributed by atoms with Crippen molar-refractivity contribution < 1.29 is 14.5 Å². The number of nitrogens with zero attached hydrogens (tertiary/aromatic N) is 3. The molecule has 7 nitrogen and oxygen atoms in total. The van der Waals surface area contributed by atoms with Crippen molar-refractivity contribution in [3.63, 3.8) is 0 Å². The highest BCUT2D eigenvalue weighted by Gasteiger charge is 2.37. The van der Waals surface area contributed by atoms with E-state index >= 15 is 0 Å². The van der Waals surface area contributed by atoms with E-state index in [1.165, 1.54) is 0 Å². The Hall–Kier alpha value is -2.67. The summed E-state index contributed by atoms with van der Waals surface area (Å²) in [5.74, 6) is 0.168. The molecular weight excluding hydrogens is 406 g/mol. The van der Waals surface area contributed by atoms with E-state index < -0.39 is 0 Å². The fraction of sp³-hybridized carbons (Fsp3) is 0.455. The number of carbonyl (C=O) groups is 1. The minimum absolute atomic E-state index is 0.0101. The Morgan fingerprint density at radius 1 is 1.30 bits per heavy atom. The lowest BCUT2D eigenvalue weighted by atomic mass is 9.76. The maximum atomic E-state index is 12.1. The molecule has 2 aliphatic rings. The fourth-order valence-corrected chi connectivity index (χ4v) is 5.08. The van der Waals surface area contributed by atoms with E-state index in [4.69, 9.17) is 21.3 Å². The molecule has 1 atom stereocenters. The molecule has 2 aromatic rings. The first kappa shape index (κ1) is 20.6. The monoisotopic (exact) mass is 429 g/mol. The zero-order chi connectivity index (χ0) is 21.3. The van der Waals surface area contributed by atoms with Gasteiger partial charge in [0.2, 0.25) is 0 Å². The number of nitro groups is 1. The van der Waals surface area contributed by atoms with Crippen molar-refractivity contribution in [3.8, 4) is 0 Å². The van der Waals surface area contributed by atoms with E-state index in [1.807, 2.05) is 12.1 Å². The molecule has 8 heteroatoms. The Bertz CT molecular complexity index is 973. The van der Waals surface area contributed by atoms with Crippen molar-refractivity contribution in [1.29, 1.82) is 0 Å². The second kappa shape index (κ2) is 8.60. The van der Waals surface area contributed by atoms with Crippen LogP contribution in [0, 0.1) is 16.0 Å². The number of fused-ring (bicyclic) bond motifs is 2. The Morgan fingerprint density at radius 3 is 2.77 bits per heavy atom. The number of amides is 1. The summed E-state index contributed by atoms with van der Waals surface area (Å²) in [6.07, 6.45) is 4.33. The first-order chi connectivity index (χ1) is 14.5. The summed E-state index contributed by atoms with van der Waals surface area (Å²) < 4.78 is 5.13. The summed E-state index contributed by atoms with van der Waals surface area (Å²) in [7, 11) is 0. The minimum atomic E-state index is -0.370. The molecule has 1 saturated heterocycles. The summed E-state index contributed by atoms with van der Waals surface area (Å²) in [6, 6.07) is 7.53. The normalized spacial score (nSPS) is 18.9. The molecule has 1 unspecified atom stereocenters. The molecular formula is C22H24ClN3O4. The lowest BCUT2D eigenvalue weighted by molar-refractivity contribution is -0.385. The van der Waals surface area contributed by atoms with E-state index in [9.17, 15) is 14.9 Å². The van der Waals surface area contributed by atoms with Crippen molar-refractivity contribution in [2.45, 2.75) is 38.5 Å². The summed E-state index contributed by atoms with van der Waals surface area (Å²) in [6.45, 7) is 3.37. The van der Waals surface area contributed by atoms with E-state index in [0.29, 0.717) is 38.1 Å². The molecule has 1 aromatic carbocycles. The number of piperidine rings is 1. The Kier molecular flexibility index (Phi) is 5.90. The molecule has 1 aromatic heterocycles. The van der Waals surface area contributed by atoms with Crippen LogP contribution in [0.3, 0.4) is 0 Å². The van der Waals surface area contributed by atoms with Crippen LogP contribution in [0.1, 0.15) is 48.1 Å². The van der Waals surface area contributed by atoms with Gasteiger partial charge in [-0.25, -0.2) is 4.79 Å². The fourth-order valence-electron chi connectivity index (χ4n) is 4.83. The Morgan fingerprint density at radius 2 is 2.07 bits per heavy atom. The van der Waals surface area contributed by atoms with E-state index in [1.54, 1.807) is 24.1 Å². The van der Waals surface area contributed by atoms with Gasteiger partial charge in [0.15, 0.2) is 0 Å². The summed E-state index contributed by atoms with van der Waals surface area (Å²) in [4.78, 5) is 30.0. The first-order valence-corrected chi connectivity index (χ1v) is 10.7. The van der Waals surface area contributed by atoms with Gasteiger partial charge in [-0.1, -0.05) is 23.7 Å². The van der Waals surface area contributed by atoms with Crippen LogP contribution >= 0.6 is 11.6 Å². The largest absolute Gasteiger partial charge is 0.450 e. The maximum Gasteiger partial charge on any atom is 0.409 e. The molecule has 0 radical (unpaired) electrons. The lowest BCUT2D eigenvalue weighted by Gasteiger charge is -2.36. The first-order valence-electron chi connectivity index (χ1n) is 10.3. The second-order valence-electron chi connectivity index (χ2n) is 7.77. The van der Waals surface area contributed by atoms with Gasteiger partial charge in [0, 0.05) is 30.8 Å². The van der Waals surface area contributed by atoms with Gasteiger partial charge >= 0.3 is 6.09 Å². The minimum Gasteiger partial charge on any atom is -0.450 e. The molecule has 0 spiro atoms. The Labute approximate surface area is 180 Å². The maximum absolute atomic E-state index is 12.1. The molecule has 1 aliphatic heterocycles. The molecule has 30 heavy (non-hydrogen) atoms. The van der Waals surface area contributed by atoms with Gasteiger partial charge < -0.3 is 9.64 Å². The molecule has 0 bridgehead atoms. The van der Waals surface area contributed by atoms with Crippen LogP contribution < -0.4 is 0 Å². The molecule has 2 heterocycles. The number of carbonyl (C=O) groups excluding carboxylic acids is 1. The van der Waals surface area contributed by atoms with Crippen molar-refractivity contribution >= 4 is 23.4 Å². The van der Waals surface area contributed by atoms with Crippen LogP contribution in [0.25, 0.3) is 0 Å². The van der Waals surface area contributed by atoms with Crippen LogP contribution in [-0.2, 0) is 17.6 Å². The molecule has 4 rings (SSSR count). The standard InChI is InChI=1S/C22H24ClN3O4/c1-2-30-22(27)25-12-9-14(10-13-25)19-16-7-8-18(23)21(26(28)29)17(16)6-5-15-4-3-11-24-20(15)19/h3-4,7-8,11,14,19H,2,5-6,9-10,12-13H2,1H3. The summed E-state index contributed by atoms with van der Waals surface area (Å²) in [5, 5.41) is 12.0. The van der Waals surface area contributed by atoms with Crippen LogP contribution in [0.4, 0.5) is 10.5 Å². The number of rotatable bonds is 3. The number of ether oxygens (including phenoxy) is 1. The number of aryl methyl sites for hydroxylation is 1. The SMILES string of the molecule is CCOC(=O)N1CCC(C2c3ccc(Cl)c([N+](=O)[O-])c3CCc3cccnc32)CC1. The van der Waals surface area contributed by atoms with Crippen molar-refractivity contribution in [3.05, 3.63) is 68.0 Å². The number of halogens is 1. The number of nitro benzene ring substituents is 1. The number of likely N-dealkylation sites (tertiary alicyclic amines) is 1. The van der Waals surface area contributed by atoms with Crippen LogP contribution in [0.2, 0.25) is 5.02 Å². The number of hydrogen-bond donors (Lipinski definition) is 0. The third kappa shape index (κ3) is 3.74. The predicted molar refractivity (Wildman–Crippen MR) is 113 cm³/mol. The molecule has 1 fully saturated rings. The number of benzene rings is 1.